The van der Waals surface area contributed by atoms with Gasteiger partial charge in [-0.25, -0.2) is 13.8 Å². The number of hydrogen-bond donors (Lipinski definition) is 1. The molecule has 0 aliphatic rings. The zero-order valence-corrected chi connectivity index (χ0v) is 21.2. The van der Waals surface area contributed by atoms with Crippen LogP contribution in [-0.2, 0) is 14.8 Å². The Hall–Kier alpha value is -3.36. The SMILES string of the molecule is CCCCOc1ccc(/C=N\NC(=O)CN(c2ccc(Cl)cc2C)S(=O)(=O)c2ccccc2)cc1. The molecular formula is C26H28ClN3O4S. The molecule has 0 aromatic heterocycles. The van der Waals surface area contributed by atoms with Crippen LogP contribution in [0.1, 0.15) is 30.9 Å². The molecule has 0 heterocycles. The van der Waals surface area contributed by atoms with Crippen molar-refractivity contribution in [2.45, 2.75) is 31.6 Å². The molecule has 0 unspecified atom stereocenters. The second kappa shape index (κ2) is 12.4. The van der Waals surface area contributed by atoms with Gasteiger partial charge in [-0.15, -0.1) is 0 Å². The normalized spacial score (nSPS) is 11.4. The van der Waals surface area contributed by atoms with E-state index in [1.165, 1.54) is 18.3 Å². The quantitative estimate of drug-likeness (QED) is 0.217. The van der Waals surface area contributed by atoms with Crippen LogP contribution in [0.2, 0.25) is 5.02 Å². The fourth-order valence-electron chi connectivity index (χ4n) is 3.25. The summed E-state index contributed by atoms with van der Waals surface area (Å²) in [5, 5.41) is 4.45. The fraction of sp³-hybridized carbons (Fsp3) is 0.231. The van der Waals surface area contributed by atoms with Crippen LogP contribution >= 0.6 is 11.6 Å². The third-order valence-corrected chi connectivity index (χ3v) is 7.10. The first kappa shape index (κ1) is 26.2. The molecule has 0 saturated heterocycles. The lowest BCUT2D eigenvalue weighted by molar-refractivity contribution is -0.119. The van der Waals surface area contributed by atoms with Crippen molar-refractivity contribution in [3.8, 4) is 5.75 Å². The third-order valence-electron chi connectivity index (χ3n) is 5.10. The van der Waals surface area contributed by atoms with Crippen molar-refractivity contribution in [3.63, 3.8) is 0 Å². The summed E-state index contributed by atoms with van der Waals surface area (Å²) < 4.78 is 33.5. The van der Waals surface area contributed by atoms with Crippen LogP contribution in [0, 0.1) is 6.92 Å². The van der Waals surface area contributed by atoms with Gasteiger partial charge in [-0.2, -0.15) is 5.10 Å². The van der Waals surface area contributed by atoms with Gasteiger partial charge in [-0.1, -0.05) is 43.1 Å². The summed E-state index contributed by atoms with van der Waals surface area (Å²) in [6, 6.07) is 20.1. The molecule has 0 atom stereocenters. The Balaban J connectivity index is 1.73. The first-order valence-corrected chi connectivity index (χ1v) is 13.0. The number of unbranched alkanes of at least 4 members (excludes halogenated alkanes) is 1. The van der Waals surface area contributed by atoms with Crippen LogP contribution in [0.3, 0.4) is 0 Å². The molecule has 0 aliphatic carbocycles. The molecule has 184 valence electrons. The minimum Gasteiger partial charge on any atom is -0.494 e. The van der Waals surface area contributed by atoms with Crippen molar-refractivity contribution in [1.82, 2.24) is 5.43 Å². The number of carbonyl (C=O) groups is 1. The number of anilines is 1. The number of halogens is 1. The van der Waals surface area contributed by atoms with Gasteiger partial charge in [0.25, 0.3) is 15.9 Å². The van der Waals surface area contributed by atoms with Crippen LogP contribution in [0.15, 0.2) is 82.8 Å². The minimum atomic E-state index is -4.01. The summed E-state index contributed by atoms with van der Waals surface area (Å²) in [6.45, 7) is 4.04. The average Bonchev–Trinajstić information content (AvgIpc) is 2.84. The van der Waals surface area contributed by atoms with E-state index in [-0.39, 0.29) is 4.90 Å². The highest BCUT2D eigenvalue weighted by molar-refractivity contribution is 7.92. The molecule has 3 rings (SSSR count). The number of sulfonamides is 1. The molecule has 3 aromatic carbocycles. The molecule has 0 bridgehead atoms. The lowest BCUT2D eigenvalue weighted by atomic mass is 10.2. The Morgan fingerprint density at radius 2 is 1.80 bits per heavy atom. The van der Waals surface area contributed by atoms with Crippen molar-refractivity contribution in [1.29, 1.82) is 0 Å². The number of hydrazone groups is 1. The summed E-state index contributed by atoms with van der Waals surface area (Å²) in [5.41, 5.74) is 4.15. The lowest BCUT2D eigenvalue weighted by Crippen LogP contribution is -2.40. The highest BCUT2D eigenvalue weighted by Crippen LogP contribution is 2.28. The van der Waals surface area contributed by atoms with E-state index in [4.69, 9.17) is 16.3 Å². The number of aryl methyl sites for hydroxylation is 1. The molecule has 35 heavy (non-hydrogen) atoms. The molecule has 0 fully saturated rings. The maximum Gasteiger partial charge on any atom is 0.264 e. The predicted molar refractivity (Wildman–Crippen MR) is 140 cm³/mol. The Morgan fingerprint density at radius 1 is 1.09 bits per heavy atom. The van der Waals surface area contributed by atoms with Crippen LogP contribution in [0.5, 0.6) is 5.75 Å². The smallest absolute Gasteiger partial charge is 0.264 e. The van der Waals surface area contributed by atoms with Crippen molar-refractivity contribution in [2.75, 3.05) is 17.5 Å². The van der Waals surface area contributed by atoms with Gasteiger partial charge in [0.05, 0.1) is 23.4 Å². The van der Waals surface area contributed by atoms with Crippen LogP contribution < -0.4 is 14.5 Å². The molecule has 1 N–H and O–H groups in total. The van der Waals surface area contributed by atoms with E-state index in [1.54, 1.807) is 43.3 Å². The number of hydrogen-bond acceptors (Lipinski definition) is 5. The van der Waals surface area contributed by atoms with Crippen LogP contribution in [-0.4, -0.2) is 33.7 Å². The van der Waals surface area contributed by atoms with E-state index < -0.39 is 22.5 Å². The molecule has 0 saturated carbocycles. The van der Waals surface area contributed by atoms with E-state index in [9.17, 15) is 13.2 Å². The average molecular weight is 514 g/mol. The van der Waals surface area contributed by atoms with Gasteiger partial charge in [-0.05, 0) is 79.1 Å². The van der Waals surface area contributed by atoms with Gasteiger partial charge in [0.15, 0.2) is 0 Å². The Bertz CT molecular complexity index is 1260. The first-order valence-electron chi connectivity index (χ1n) is 11.2. The fourth-order valence-corrected chi connectivity index (χ4v) is 4.98. The van der Waals surface area contributed by atoms with Crippen molar-refractivity contribution in [3.05, 3.63) is 88.9 Å². The van der Waals surface area contributed by atoms with Gasteiger partial charge >= 0.3 is 0 Å². The summed E-state index contributed by atoms with van der Waals surface area (Å²) in [5.74, 6) is 0.175. The van der Waals surface area contributed by atoms with Crippen LogP contribution in [0.4, 0.5) is 5.69 Å². The number of rotatable bonds is 11. The second-order valence-corrected chi connectivity index (χ2v) is 10.1. The Kier molecular flexibility index (Phi) is 9.28. The summed E-state index contributed by atoms with van der Waals surface area (Å²) in [4.78, 5) is 12.8. The third kappa shape index (κ3) is 7.31. The van der Waals surface area contributed by atoms with Crippen molar-refractivity contribution >= 4 is 39.4 Å². The van der Waals surface area contributed by atoms with Gasteiger partial charge < -0.3 is 4.74 Å². The topological polar surface area (TPSA) is 88.1 Å². The predicted octanol–water partition coefficient (Wildman–Crippen LogP) is 5.17. The zero-order chi connectivity index (χ0) is 25.3. The Morgan fingerprint density at radius 3 is 2.46 bits per heavy atom. The van der Waals surface area contributed by atoms with E-state index in [1.807, 2.05) is 24.3 Å². The molecule has 3 aromatic rings. The maximum absolute atomic E-state index is 13.4. The highest BCUT2D eigenvalue weighted by Gasteiger charge is 2.28. The van der Waals surface area contributed by atoms with Crippen LogP contribution in [0.25, 0.3) is 0 Å². The summed E-state index contributed by atoms with van der Waals surface area (Å²) in [7, 11) is -4.01. The lowest BCUT2D eigenvalue weighted by Gasteiger charge is -2.25. The van der Waals surface area contributed by atoms with Crippen molar-refractivity contribution < 1.29 is 17.9 Å². The number of amides is 1. The molecule has 9 heteroatoms. The largest absolute Gasteiger partial charge is 0.494 e. The monoisotopic (exact) mass is 513 g/mol. The van der Waals surface area contributed by atoms with Gasteiger partial charge in [-0.3, -0.25) is 9.10 Å². The standard InChI is InChI=1S/C26H28ClN3O4S/c1-3-4-16-34-23-13-10-21(11-14-23)18-28-29-26(31)19-30(25-15-12-22(27)17-20(25)2)35(32,33)24-8-6-5-7-9-24/h5-15,17-18H,3-4,16,19H2,1-2H3,(H,29,31)/b28-18-. The van der Waals surface area contributed by atoms with Gasteiger partial charge in [0.1, 0.15) is 12.3 Å². The minimum absolute atomic E-state index is 0.0758. The van der Waals surface area contributed by atoms with E-state index >= 15 is 0 Å². The number of nitrogens with one attached hydrogen (secondary N) is 1. The summed E-state index contributed by atoms with van der Waals surface area (Å²) in [6.07, 6.45) is 3.53. The van der Waals surface area contributed by atoms with Gasteiger partial charge in [0.2, 0.25) is 0 Å². The number of carbonyl (C=O) groups excluding carboxylic acids is 1. The molecule has 0 aliphatic heterocycles. The van der Waals surface area contributed by atoms with E-state index in [2.05, 4.69) is 17.5 Å². The van der Waals surface area contributed by atoms with E-state index in [0.29, 0.717) is 22.9 Å². The number of benzene rings is 3. The zero-order valence-electron chi connectivity index (χ0n) is 19.6. The highest BCUT2D eigenvalue weighted by atomic mass is 35.5. The van der Waals surface area contributed by atoms with E-state index in [0.717, 1.165) is 28.5 Å². The molecule has 0 radical (unpaired) electrons. The second-order valence-electron chi connectivity index (χ2n) is 7.82. The summed E-state index contributed by atoms with van der Waals surface area (Å²) >= 11 is 6.05. The molecule has 1 amide bonds. The number of nitrogens with zero attached hydrogens (tertiary/aromatic N) is 2. The molecule has 0 spiro atoms. The maximum atomic E-state index is 13.4. The number of ether oxygens (including phenoxy) is 1. The Labute approximate surface area is 211 Å². The first-order chi connectivity index (χ1) is 16.8. The molecular weight excluding hydrogens is 486 g/mol. The molecule has 7 nitrogen and oxygen atoms in total. The van der Waals surface area contributed by atoms with Gasteiger partial charge in [0, 0.05) is 5.02 Å². The van der Waals surface area contributed by atoms with Crippen molar-refractivity contribution in [2.24, 2.45) is 5.10 Å².